The number of anilines is 1. The highest BCUT2D eigenvalue weighted by molar-refractivity contribution is 7.85. The van der Waals surface area contributed by atoms with Crippen molar-refractivity contribution in [1.29, 1.82) is 0 Å². The second kappa shape index (κ2) is 4.96. The van der Waals surface area contributed by atoms with E-state index in [0.29, 0.717) is 30.2 Å². The molecule has 0 spiro atoms. The molecular weight excluding hydrogens is 241 g/mol. The highest BCUT2D eigenvalue weighted by Crippen LogP contribution is 2.23. The third kappa shape index (κ3) is 2.72. The number of nitrogens with zero attached hydrogens (tertiary/aromatic N) is 1. The van der Waals surface area contributed by atoms with Crippen LogP contribution in [0.15, 0.2) is 18.2 Å². The van der Waals surface area contributed by atoms with E-state index >= 15 is 0 Å². The van der Waals surface area contributed by atoms with Crippen LogP contribution in [-0.2, 0) is 10.8 Å². The summed E-state index contributed by atoms with van der Waals surface area (Å²) in [6, 6.07) is 4.25. The predicted molar refractivity (Wildman–Crippen MR) is 66.5 cm³/mol. The van der Waals surface area contributed by atoms with E-state index in [-0.39, 0.29) is 5.78 Å². The van der Waals surface area contributed by atoms with Gasteiger partial charge in [-0.1, -0.05) is 0 Å². The minimum atomic E-state index is -0.757. The van der Waals surface area contributed by atoms with Crippen LogP contribution in [0.2, 0.25) is 0 Å². The Labute approximate surface area is 102 Å². The van der Waals surface area contributed by atoms with Crippen molar-refractivity contribution >= 4 is 22.3 Å². The van der Waals surface area contributed by atoms with Crippen LogP contribution in [0.3, 0.4) is 0 Å². The first-order valence-corrected chi connectivity index (χ1v) is 6.97. The normalized spacial score (nSPS) is 17.2. The van der Waals surface area contributed by atoms with Crippen molar-refractivity contribution in [1.82, 2.24) is 0 Å². The van der Waals surface area contributed by atoms with E-state index in [9.17, 15) is 13.4 Å². The van der Waals surface area contributed by atoms with Crippen LogP contribution in [0.5, 0.6) is 0 Å². The van der Waals surface area contributed by atoms with E-state index in [2.05, 4.69) is 0 Å². The second-order valence-corrected chi connectivity index (χ2v) is 5.75. The predicted octanol–water partition coefficient (Wildman–Crippen LogP) is 1.60. The third-order valence-electron chi connectivity index (χ3n) is 2.86. The van der Waals surface area contributed by atoms with E-state index < -0.39 is 16.6 Å². The smallest absolute Gasteiger partial charge is 0.161 e. The number of Topliss-reactive ketones (excluding diaryl/α,β-unsaturated/α-hetero) is 1. The lowest BCUT2D eigenvalue weighted by Crippen LogP contribution is -2.38. The van der Waals surface area contributed by atoms with Crippen LogP contribution >= 0.6 is 0 Å². The van der Waals surface area contributed by atoms with Crippen molar-refractivity contribution in [3.8, 4) is 0 Å². The van der Waals surface area contributed by atoms with Gasteiger partial charge >= 0.3 is 0 Å². The molecule has 0 N–H and O–H groups in total. The van der Waals surface area contributed by atoms with Crippen molar-refractivity contribution in [2.75, 3.05) is 29.5 Å². The van der Waals surface area contributed by atoms with Gasteiger partial charge in [-0.05, 0) is 25.1 Å². The van der Waals surface area contributed by atoms with Gasteiger partial charge in [0, 0.05) is 46.6 Å². The zero-order chi connectivity index (χ0) is 12.4. The van der Waals surface area contributed by atoms with E-state index in [4.69, 9.17) is 0 Å². The summed E-state index contributed by atoms with van der Waals surface area (Å²) in [4.78, 5) is 13.5. The van der Waals surface area contributed by atoms with Crippen LogP contribution in [0, 0.1) is 5.82 Å². The van der Waals surface area contributed by atoms with Crippen LogP contribution in [0.25, 0.3) is 0 Å². The summed E-state index contributed by atoms with van der Waals surface area (Å²) in [5, 5.41) is 0. The Hall–Kier alpha value is -1.23. The molecule has 0 unspecified atom stereocenters. The summed E-state index contributed by atoms with van der Waals surface area (Å²) in [5.74, 6) is 0.662. The van der Waals surface area contributed by atoms with Gasteiger partial charge in [-0.25, -0.2) is 4.39 Å². The molecule has 0 radical (unpaired) electrons. The minimum Gasteiger partial charge on any atom is -0.369 e. The van der Waals surface area contributed by atoms with Gasteiger partial charge in [-0.15, -0.1) is 0 Å². The molecule has 2 rings (SSSR count). The van der Waals surface area contributed by atoms with Gasteiger partial charge in [0.25, 0.3) is 0 Å². The van der Waals surface area contributed by atoms with Crippen molar-refractivity contribution < 1.29 is 13.4 Å². The molecule has 0 bridgehead atoms. The monoisotopic (exact) mass is 255 g/mol. The molecule has 0 amide bonds. The topological polar surface area (TPSA) is 37.4 Å². The number of ketones is 1. The number of benzene rings is 1. The zero-order valence-corrected chi connectivity index (χ0v) is 10.4. The van der Waals surface area contributed by atoms with Crippen molar-refractivity contribution in [3.63, 3.8) is 0 Å². The number of halogens is 1. The fraction of sp³-hybridized carbons (Fsp3) is 0.417. The van der Waals surface area contributed by atoms with Crippen molar-refractivity contribution in [2.45, 2.75) is 6.92 Å². The quantitative estimate of drug-likeness (QED) is 0.753. The Morgan fingerprint density at radius 3 is 2.59 bits per heavy atom. The summed E-state index contributed by atoms with van der Waals surface area (Å²) in [6.45, 7) is 2.73. The number of rotatable bonds is 2. The maximum absolute atomic E-state index is 13.1. The average molecular weight is 255 g/mol. The van der Waals surface area contributed by atoms with E-state index in [1.54, 1.807) is 6.07 Å². The Morgan fingerprint density at radius 1 is 1.35 bits per heavy atom. The van der Waals surface area contributed by atoms with Crippen molar-refractivity contribution in [2.24, 2.45) is 0 Å². The lowest BCUT2D eigenvalue weighted by molar-refractivity contribution is 0.101. The Balaban J connectivity index is 2.31. The summed E-state index contributed by atoms with van der Waals surface area (Å²) in [6.07, 6.45) is 0. The van der Waals surface area contributed by atoms with Crippen LogP contribution < -0.4 is 4.90 Å². The molecule has 1 aliphatic rings. The highest BCUT2D eigenvalue weighted by Gasteiger charge is 2.19. The first kappa shape index (κ1) is 12.2. The number of carbonyl (C=O) groups excluding carboxylic acids is 1. The first-order chi connectivity index (χ1) is 8.08. The molecule has 1 fully saturated rings. The number of carbonyl (C=O) groups is 1. The lowest BCUT2D eigenvalue weighted by atomic mass is 10.1. The first-order valence-electron chi connectivity index (χ1n) is 5.48. The molecule has 0 saturated carbocycles. The second-order valence-electron chi connectivity index (χ2n) is 4.05. The molecule has 0 aromatic heterocycles. The SMILES string of the molecule is CC(=O)c1cc(F)ccc1N1CCS(=O)CC1. The Bertz CT molecular complexity index is 466. The third-order valence-corrected chi connectivity index (χ3v) is 4.13. The van der Waals surface area contributed by atoms with Gasteiger partial charge in [0.2, 0.25) is 0 Å². The molecular formula is C12H14FNO2S. The highest BCUT2D eigenvalue weighted by atomic mass is 32.2. The average Bonchev–Trinajstić information content (AvgIpc) is 2.30. The molecule has 92 valence electrons. The van der Waals surface area contributed by atoms with Crippen LogP contribution in [0.1, 0.15) is 17.3 Å². The molecule has 1 aromatic carbocycles. The van der Waals surface area contributed by atoms with Gasteiger partial charge in [0.05, 0.1) is 0 Å². The van der Waals surface area contributed by atoms with Gasteiger partial charge in [-0.2, -0.15) is 0 Å². The summed E-state index contributed by atoms with van der Waals surface area (Å²) in [7, 11) is -0.757. The van der Waals surface area contributed by atoms with Gasteiger partial charge in [0.1, 0.15) is 5.82 Å². The summed E-state index contributed by atoms with van der Waals surface area (Å²) >= 11 is 0. The molecule has 1 heterocycles. The van der Waals surface area contributed by atoms with Gasteiger partial charge in [-0.3, -0.25) is 9.00 Å². The van der Waals surface area contributed by atoms with Crippen LogP contribution in [0.4, 0.5) is 10.1 Å². The summed E-state index contributed by atoms with van der Waals surface area (Å²) < 4.78 is 24.4. The standard InChI is InChI=1S/C12H14FNO2S/c1-9(15)11-8-10(13)2-3-12(11)14-4-6-17(16)7-5-14/h2-3,8H,4-7H2,1H3. The Morgan fingerprint density at radius 2 is 2.00 bits per heavy atom. The van der Waals surface area contributed by atoms with Gasteiger partial charge in [0.15, 0.2) is 5.78 Å². The fourth-order valence-corrected chi connectivity index (χ4v) is 3.00. The zero-order valence-electron chi connectivity index (χ0n) is 9.61. The Kier molecular flexibility index (Phi) is 3.57. The fourth-order valence-electron chi connectivity index (χ4n) is 1.94. The van der Waals surface area contributed by atoms with E-state index in [0.717, 1.165) is 5.69 Å². The molecule has 1 aromatic rings. The number of hydrogen-bond acceptors (Lipinski definition) is 3. The minimum absolute atomic E-state index is 0.147. The van der Waals surface area contributed by atoms with E-state index in [1.165, 1.54) is 19.1 Å². The molecule has 3 nitrogen and oxygen atoms in total. The largest absolute Gasteiger partial charge is 0.369 e. The van der Waals surface area contributed by atoms with Crippen LogP contribution in [-0.4, -0.2) is 34.6 Å². The van der Waals surface area contributed by atoms with Crippen molar-refractivity contribution in [3.05, 3.63) is 29.6 Å². The molecule has 17 heavy (non-hydrogen) atoms. The molecule has 1 aliphatic heterocycles. The maximum Gasteiger partial charge on any atom is 0.161 e. The molecule has 5 heteroatoms. The van der Waals surface area contributed by atoms with E-state index in [1.807, 2.05) is 4.90 Å². The van der Waals surface area contributed by atoms with Gasteiger partial charge < -0.3 is 4.90 Å². The molecule has 1 saturated heterocycles. The molecule has 0 aliphatic carbocycles. The summed E-state index contributed by atoms with van der Waals surface area (Å²) in [5.41, 5.74) is 1.15. The lowest BCUT2D eigenvalue weighted by Gasteiger charge is -2.29. The maximum atomic E-state index is 13.1. The number of hydrogen-bond donors (Lipinski definition) is 0. The molecule has 0 atom stereocenters.